The highest BCUT2D eigenvalue weighted by atomic mass is 16.5. The number of ether oxygens (including phenoxy) is 1. The summed E-state index contributed by atoms with van der Waals surface area (Å²) in [4.78, 5) is 12.0. The van der Waals surface area contributed by atoms with Crippen molar-refractivity contribution in [1.29, 1.82) is 5.26 Å². The second-order valence-corrected chi connectivity index (χ2v) is 4.66. The Hall–Kier alpha value is -2.06. The lowest BCUT2D eigenvalue weighted by atomic mass is 10.0. The Kier molecular flexibility index (Phi) is 4.37. The third-order valence-corrected chi connectivity index (χ3v) is 3.24. The molecule has 1 heterocycles. The van der Waals surface area contributed by atoms with Crippen molar-refractivity contribution in [3.05, 3.63) is 24.3 Å². The molecule has 1 fully saturated rings. The molecule has 5 heteroatoms. The van der Waals surface area contributed by atoms with Gasteiger partial charge in [-0.3, -0.25) is 4.79 Å². The van der Waals surface area contributed by atoms with Crippen molar-refractivity contribution in [2.45, 2.75) is 19.4 Å². The van der Waals surface area contributed by atoms with Gasteiger partial charge in [-0.25, -0.2) is 0 Å². The summed E-state index contributed by atoms with van der Waals surface area (Å²) in [7, 11) is 0. The van der Waals surface area contributed by atoms with Crippen LogP contribution in [0, 0.1) is 17.2 Å². The second-order valence-electron chi connectivity index (χ2n) is 4.66. The molecule has 1 saturated heterocycles. The lowest BCUT2D eigenvalue weighted by molar-refractivity contribution is -0.118. The van der Waals surface area contributed by atoms with E-state index in [9.17, 15) is 4.79 Å². The number of nitrogens with zero attached hydrogens (tertiary/aromatic N) is 1. The minimum atomic E-state index is -0.116. The molecule has 2 atom stereocenters. The zero-order chi connectivity index (χ0) is 13.7. The van der Waals surface area contributed by atoms with E-state index < -0.39 is 0 Å². The molecular weight excluding hydrogens is 242 g/mol. The normalized spacial score (nSPS) is 21.7. The van der Waals surface area contributed by atoms with Gasteiger partial charge in [0, 0.05) is 5.69 Å². The molecule has 0 saturated carbocycles. The molecule has 1 aliphatic heterocycles. The molecule has 2 unspecified atom stereocenters. The second kappa shape index (κ2) is 6.21. The van der Waals surface area contributed by atoms with E-state index in [-0.39, 0.29) is 18.6 Å². The molecule has 2 rings (SSSR count). The summed E-state index contributed by atoms with van der Waals surface area (Å²) in [6.07, 6.45) is 1.03. The summed E-state index contributed by atoms with van der Waals surface area (Å²) in [5.41, 5.74) is 0.732. The van der Waals surface area contributed by atoms with Gasteiger partial charge in [-0.2, -0.15) is 5.26 Å². The van der Waals surface area contributed by atoms with Crippen LogP contribution in [0.5, 0.6) is 5.75 Å². The van der Waals surface area contributed by atoms with Crippen molar-refractivity contribution in [1.82, 2.24) is 5.32 Å². The third kappa shape index (κ3) is 3.46. The first-order chi connectivity index (χ1) is 9.20. The van der Waals surface area contributed by atoms with Crippen LogP contribution in [-0.4, -0.2) is 25.1 Å². The summed E-state index contributed by atoms with van der Waals surface area (Å²) in [6.45, 7) is 2.98. The number of hydrogen-bond acceptors (Lipinski definition) is 4. The Morgan fingerprint density at radius 2 is 2.26 bits per heavy atom. The number of amides is 1. The number of carbonyl (C=O) groups excluding carboxylic acids is 1. The van der Waals surface area contributed by atoms with Crippen molar-refractivity contribution in [3.63, 3.8) is 0 Å². The lowest BCUT2D eigenvalue weighted by Crippen LogP contribution is -2.39. The number of rotatable bonds is 4. The van der Waals surface area contributed by atoms with Crippen molar-refractivity contribution in [2.24, 2.45) is 5.92 Å². The van der Waals surface area contributed by atoms with Crippen LogP contribution in [-0.2, 0) is 4.79 Å². The molecule has 1 aromatic carbocycles. The Bertz CT molecular complexity index is 478. The Morgan fingerprint density at radius 3 is 2.84 bits per heavy atom. The summed E-state index contributed by atoms with van der Waals surface area (Å²) in [5.74, 6) is 0.973. The first-order valence-electron chi connectivity index (χ1n) is 6.35. The highest BCUT2D eigenvalue weighted by Gasteiger charge is 2.29. The molecule has 0 aliphatic carbocycles. The van der Waals surface area contributed by atoms with Gasteiger partial charge in [0.05, 0.1) is 6.04 Å². The number of anilines is 1. The number of nitrogens with one attached hydrogen (secondary N) is 2. The van der Waals surface area contributed by atoms with Crippen LogP contribution in [0.25, 0.3) is 0 Å². The summed E-state index contributed by atoms with van der Waals surface area (Å²) in [6, 6.07) is 8.79. The molecule has 100 valence electrons. The first kappa shape index (κ1) is 13.4. The monoisotopic (exact) mass is 259 g/mol. The average Bonchev–Trinajstić information content (AvgIpc) is 2.84. The maximum Gasteiger partial charge on any atom is 0.241 e. The largest absolute Gasteiger partial charge is 0.479 e. The molecule has 1 aliphatic rings. The van der Waals surface area contributed by atoms with Crippen LogP contribution < -0.4 is 15.4 Å². The van der Waals surface area contributed by atoms with E-state index in [1.807, 2.05) is 6.07 Å². The van der Waals surface area contributed by atoms with Gasteiger partial charge in [0.25, 0.3) is 0 Å². The number of nitriles is 1. The molecule has 1 amide bonds. The molecule has 5 nitrogen and oxygen atoms in total. The van der Waals surface area contributed by atoms with E-state index in [2.05, 4.69) is 17.6 Å². The molecule has 0 bridgehead atoms. The molecule has 19 heavy (non-hydrogen) atoms. The predicted molar refractivity (Wildman–Crippen MR) is 71.8 cm³/mol. The number of hydrogen-bond donors (Lipinski definition) is 2. The van der Waals surface area contributed by atoms with Gasteiger partial charge in [0.15, 0.2) is 6.61 Å². The smallest absolute Gasteiger partial charge is 0.241 e. The SMILES string of the molecule is CC1CCNC1C(=O)Nc1ccc(OCC#N)cc1. The Labute approximate surface area is 112 Å². The Balaban J connectivity index is 1.92. The number of carbonyl (C=O) groups is 1. The van der Waals surface area contributed by atoms with Crippen LogP contribution in [0.4, 0.5) is 5.69 Å². The van der Waals surface area contributed by atoms with Gasteiger partial charge >= 0.3 is 0 Å². The van der Waals surface area contributed by atoms with Crippen LogP contribution >= 0.6 is 0 Å². The molecule has 1 aromatic rings. The topological polar surface area (TPSA) is 74.2 Å². The Morgan fingerprint density at radius 1 is 1.53 bits per heavy atom. The average molecular weight is 259 g/mol. The van der Waals surface area contributed by atoms with Crippen LogP contribution in [0.15, 0.2) is 24.3 Å². The van der Waals surface area contributed by atoms with E-state index in [0.717, 1.165) is 18.7 Å². The van der Waals surface area contributed by atoms with E-state index in [4.69, 9.17) is 10.00 Å². The zero-order valence-electron chi connectivity index (χ0n) is 10.8. The van der Waals surface area contributed by atoms with Crippen molar-refractivity contribution in [3.8, 4) is 11.8 Å². The first-order valence-corrected chi connectivity index (χ1v) is 6.35. The van der Waals surface area contributed by atoms with E-state index in [1.165, 1.54) is 0 Å². The third-order valence-electron chi connectivity index (χ3n) is 3.24. The van der Waals surface area contributed by atoms with Gasteiger partial charge in [0.2, 0.25) is 5.91 Å². The van der Waals surface area contributed by atoms with E-state index in [1.54, 1.807) is 24.3 Å². The lowest BCUT2D eigenvalue weighted by Gasteiger charge is -2.15. The fourth-order valence-corrected chi connectivity index (χ4v) is 2.16. The van der Waals surface area contributed by atoms with Gasteiger partial charge < -0.3 is 15.4 Å². The van der Waals surface area contributed by atoms with E-state index >= 15 is 0 Å². The van der Waals surface area contributed by atoms with Gasteiger partial charge in [-0.1, -0.05) is 6.92 Å². The standard InChI is InChI=1S/C14H17N3O2/c1-10-6-8-16-13(10)14(18)17-11-2-4-12(5-3-11)19-9-7-15/h2-5,10,13,16H,6,8-9H2,1H3,(H,17,18). The van der Waals surface area contributed by atoms with Crippen molar-refractivity contribution in [2.75, 3.05) is 18.5 Å². The minimum absolute atomic E-state index is 0.00399. The van der Waals surface area contributed by atoms with Crippen LogP contribution in [0.2, 0.25) is 0 Å². The van der Waals surface area contributed by atoms with Gasteiger partial charge in [-0.15, -0.1) is 0 Å². The quantitative estimate of drug-likeness (QED) is 0.860. The summed E-state index contributed by atoms with van der Waals surface area (Å²) < 4.78 is 5.15. The number of benzene rings is 1. The van der Waals surface area contributed by atoms with Gasteiger partial charge in [-0.05, 0) is 43.1 Å². The van der Waals surface area contributed by atoms with Crippen LogP contribution in [0.1, 0.15) is 13.3 Å². The highest BCUT2D eigenvalue weighted by Crippen LogP contribution is 2.19. The molecule has 2 N–H and O–H groups in total. The van der Waals surface area contributed by atoms with Crippen molar-refractivity contribution >= 4 is 11.6 Å². The molecule has 0 spiro atoms. The molecule has 0 radical (unpaired) electrons. The maximum absolute atomic E-state index is 12.0. The molecular formula is C14H17N3O2. The summed E-state index contributed by atoms with van der Waals surface area (Å²) in [5, 5.41) is 14.5. The van der Waals surface area contributed by atoms with E-state index in [0.29, 0.717) is 11.7 Å². The van der Waals surface area contributed by atoms with Crippen LogP contribution in [0.3, 0.4) is 0 Å². The fourth-order valence-electron chi connectivity index (χ4n) is 2.16. The maximum atomic E-state index is 12.0. The van der Waals surface area contributed by atoms with Gasteiger partial charge in [0.1, 0.15) is 11.8 Å². The predicted octanol–water partition coefficient (Wildman–Crippen LogP) is 1.53. The summed E-state index contributed by atoms with van der Waals surface area (Å²) >= 11 is 0. The minimum Gasteiger partial charge on any atom is -0.479 e. The zero-order valence-corrected chi connectivity index (χ0v) is 10.8. The highest BCUT2D eigenvalue weighted by molar-refractivity contribution is 5.95. The van der Waals surface area contributed by atoms with Crippen molar-refractivity contribution < 1.29 is 9.53 Å². The fraction of sp³-hybridized carbons (Fsp3) is 0.429. The molecule has 0 aromatic heterocycles.